The van der Waals surface area contributed by atoms with Crippen LogP contribution in [0.4, 0.5) is 0 Å². The number of hydrogen-bond donors (Lipinski definition) is 1. The van der Waals surface area contributed by atoms with Crippen LogP contribution in [0, 0.1) is 5.92 Å². The summed E-state index contributed by atoms with van der Waals surface area (Å²) in [6, 6.07) is 11.6. The van der Waals surface area contributed by atoms with Gasteiger partial charge in [0.25, 0.3) is 0 Å². The molecular weight excluding hydrogens is 370 g/mol. The van der Waals surface area contributed by atoms with Crippen LogP contribution in [0.5, 0.6) is 11.5 Å². The maximum Gasteiger partial charge on any atom is 0.187 e. The largest absolute Gasteiger partial charge is 0.493 e. The highest BCUT2D eigenvalue weighted by Gasteiger charge is 2.45. The van der Waals surface area contributed by atoms with Crippen LogP contribution in [-0.2, 0) is 6.42 Å². The molecule has 0 aromatic heterocycles. The van der Waals surface area contributed by atoms with E-state index < -0.39 is 0 Å². The summed E-state index contributed by atoms with van der Waals surface area (Å²) in [7, 11) is 3.26. The minimum atomic E-state index is -0.124. The van der Waals surface area contributed by atoms with Gasteiger partial charge in [-0.25, -0.2) is 5.01 Å². The van der Waals surface area contributed by atoms with Gasteiger partial charge in [0.2, 0.25) is 0 Å². The molecule has 134 valence electrons. The number of hydrogen-bond acceptors (Lipinski definition) is 4. The molecular formula is C19H18ClN3O2S. The molecule has 0 saturated carbocycles. The van der Waals surface area contributed by atoms with E-state index in [1.54, 1.807) is 19.2 Å². The standard InChI is InChI=1S/C19H18ClN3O2S/c1-24-15-8-10-7-13-17(12(10)9-16(15)25-2)22-23(19(21)26)18(13)11-5-3-4-6-14(11)20/h3-6,8-9,13,18H,7H2,1-2H3,(H2,21,26). The third-order valence-electron chi connectivity index (χ3n) is 4.99. The zero-order chi connectivity index (χ0) is 18.4. The van der Waals surface area contributed by atoms with Gasteiger partial charge in [-0.3, -0.25) is 0 Å². The smallest absolute Gasteiger partial charge is 0.187 e. The molecule has 2 unspecified atom stereocenters. The van der Waals surface area contributed by atoms with E-state index in [9.17, 15) is 0 Å². The maximum absolute atomic E-state index is 6.47. The number of rotatable bonds is 3. The Labute approximate surface area is 162 Å². The number of methoxy groups -OCH3 is 2. The van der Waals surface area contributed by atoms with Crippen molar-refractivity contribution in [1.82, 2.24) is 5.01 Å². The van der Waals surface area contributed by atoms with Crippen LogP contribution in [-0.4, -0.2) is 30.1 Å². The highest BCUT2D eigenvalue weighted by atomic mass is 35.5. The van der Waals surface area contributed by atoms with Crippen molar-refractivity contribution in [1.29, 1.82) is 0 Å². The van der Waals surface area contributed by atoms with E-state index in [0.29, 0.717) is 16.5 Å². The number of ether oxygens (including phenoxy) is 2. The summed E-state index contributed by atoms with van der Waals surface area (Å²) in [5.74, 6) is 1.51. The first-order valence-electron chi connectivity index (χ1n) is 8.22. The van der Waals surface area contributed by atoms with Gasteiger partial charge in [0.1, 0.15) is 0 Å². The quantitative estimate of drug-likeness (QED) is 0.816. The molecule has 2 N–H and O–H groups in total. The molecule has 2 aromatic carbocycles. The fourth-order valence-corrected chi connectivity index (χ4v) is 4.25. The van der Waals surface area contributed by atoms with Gasteiger partial charge in [0.05, 0.1) is 26.0 Å². The SMILES string of the molecule is COc1cc2c(cc1OC)C1=NN(C(N)=S)C(c3ccccc3Cl)C1C2. The van der Waals surface area contributed by atoms with Gasteiger partial charge in [0.15, 0.2) is 16.6 Å². The van der Waals surface area contributed by atoms with Crippen LogP contribution in [0.1, 0.15) is 22.7 Å². The highest BCUT2D eigenvalue weighted by molar-refractivity contribution is 7.80. The summed E-state index contributed by atoms with van der Waals surface area (Å²) in [5.41, 5.74) is 10.1. The summed E-state index contributed by atoms with van der Waals surface area (Å²) in [6.45, 7) is 0. The summed E-state index contributed by atoms with van der Waals surface area (Å²) in [6.07, 6.45) is 0.809. The number of nitrogens with zero attached hydrogens (tertiary/aromatic N) is 2. The van der Waals surface area contributed by atoms with Crippen molar-refractivity contribution >= 4 is 34.6 Å². The van der Waals surface area contributed by atoms with Crippen molar-refractivity contribution in [3.8, 4) is 11.5 Å². The molecule has 4 rings (SSSR count). The third-order valence-corrected chi connectivity index (χ3v) is 5.52. The van der Waals surface area contributed by atoms with E-state index in [1.807, 2.05) is 36.4 Å². The Morgan fingerprint density at radius 1 is 1.23 bits per heavy atom. The zero-order valence-corrected chi connectivity index (χ0v) is 16.0. The molecule has 1 aliphatic carbocycles. The lowest BCUT2D eigenvalue weighted by Gasteiger charge is -2.26. The summed E-state index contributed by atoms with van der Waals surface area (Å²) in [4.78, 5) is 0. The minimum Gasteiger partial charge on any atom is -0.493 e. The van der Waals surface area contributed by atoms with Gasteiger partial charge >= 0.3 is 0 Å². The van der Waals surface area contributed by atoms with Gasteiger partial charge in [-0.15, -0.1) is 0 Å². The summed E-state index contributed by atoms with van der Waals surface area (Å²) in [5, 5.41) is 7.37. The second-order valence-electron chi connectivity index (χ2n) is 6.31. The Balaban J connectivity index is 1.83. The second-order valence-corrected chi connectivity index (χ2v) is 7.13. The van der Waals surface area contributed by atoms with E-state index in [0.717, 1.165) is 23.3 Å². The molecule has 0 amide bonds. The monoisotopic (exact) mass is 387 g/mol. The lowest BCUT2D eigenvalue weighted by Crippen LogP contribution is -2.34. The highest BCUT2D eigenvalue weighted by Crippen LogP contribution is 2.47. The Kier molecular flexibility index (Phi) is 4.25. The average molecular weight is 388 g/mol. The predicted octanol–water partition coefficient (Wildman–Crippen LogP) is 3.53. The molecule has 2 atom stereocenters. The number of nitrogens with two attached hydrogens (primary N) is 1. The fourth-order valence-electron chi connectivity index (χ4n) is 3.85. The predicted molar refractivity (Wildman–Crippen MR) is 106 cm³/mol. The molecule has 0 saturated heterocycles. The van der Waals surface area contributed by atoms with E-state index in [-0.39, 0.29) is 17.1 Å². The fraction of sp³-hybridized carbons (Fsp3) is 0.263. The molecule has 26 heavy (non-hydrogen) atoms. The molecule has 0 radical (unpaired) electrons. The van der Waals surface area contributed by atoms with Crippen LogP contribution in [0.15, 0.2) is 41.5 Å². The first-order valence-corrected chi connectivity index (χ1v) is 9.00. The Hall–Kier alpha value is -2.31. The lowest BCUT2D eigenvalue weighted by molar-refractivity contribution is 0.318. The number of thiocarbonyl (C=S) groups is 1. The first-order chi connectivity index (χ1) is 12.5. The van der Waals surface area contributed by atoms with Crippen LogP contribution in [0.2, 0.25) is 5.02 Å². The van der Waals surface area contributed by atoms with E-state index in [1.165, 1.54) is 5.56 Å². The van der Waals surface area contributed by atoms with Gasteiger partial charge < -0.3 is 15.2 Å². The number of hydrazone groups is 1. The summed E-state index contributed by atoms with van der Waals surface area (Å²) < 4.78 is 10.9. The molecule has 5 nitrogen and oxygen atoms in total. The van der Waals surface area contributed by atoms with Crippen LogP contribution >= 0.6 is 23.8 Å². The molecule has 0 fully saturated rings. The normalized spacial score (nSPS) is 20.4. The number of halogens is 1. The molecule has 7 heteroatoms. The lowest BCUT2D eigenvalue weighted by atomic mass is 9.90. The Morgan fingerprint density at radius 2 is 1.92 bits per heavy atom. The van der Waals surface area contributed by atoms with Crippen molar-refractivity contribution in [3.05, 3.63) is 58.1 Å². The Morgan fingerprint density at radius 3 is 2.58 bits per heavy atom. The number of fused-ring (bicyclic) bond motifs is 3. The van der Waals surface area contributed by atoms with Gasteiger partial charge in [-0.05, 0) is 48.0 Å². The maximum atomic E-state index is 6.47. The van der Waals surface area contributed by atoms with Crippen molar-refractivity contribution in [2.24, 2.45) is 16.8 Å². The van der Waals surface area contributed by atoms with Crippen LogP contribution < -0.4 is 15.2 Å². The molecule has 1 aliphatic heterocycles. The van der Waals surface area contributed by atoms with E-state index in [2.05, 4.69) is 0 Å². The third kappa shape index (κ3) is 2.52. The van der Waals surface area contributed by atoms with E-state index >= 15 is 0 Å². The van der Waals surface area contributed by atoms with Gasteiger partial charge in [-0.1, -0.05) is 29.8 Å². The van der Waals surface area contributed by atoms with Crippen molar-refractivity contribution in [2.75, 3.05) is 14.2 Å². The molecule has 1 heterocycles. The van der Waals surface area contributed by atoms with Crippen LogP contribution in [0.25, 0.3) is 0 Å². The average Bonchev–Trinajstić information content (AvgIpc) is 3.16. The topological polar surface area (TPSA) is 60.1 Å². The summed E-state index contributed by atoms with van der Waals surface area (Å²) >= 11 is 11.7. The van der Waals surface area contributed by atoms with E-state index in [4.69, 9.17) is 44.1 Å². The molecule has 2 aliphatic rings. The minimum absolute atomic E-state index is 0.114. The van der Waals surface area contributed by atoms with Crippen molar-refractivity contribution < 1.29 is 9.47 Å². The molecule has 2 aromatic rings. The van der Waals surface area contributed by atoms with Crippen molar-refractivity contribution in [3.63, 3.8) is 0 Å². The number of benzene rings is 2. The van der Waals surface area contributed by atoms with Gasteiger partial charge in [-0.2, -0.15) is 5.10 Å². The Bertz CT molecular complexity index is 931. The van der Waals surface area contributed by atoms with Crippen molar-refractivity contribution in [2.45, 2.75) is 12.5 Å². The zero-order valence-electron chi connectivity index (χ0n) is 14.4. The van der Waals surface area contributed by atoms with Gasteiger partial charge in [0, 0.05) is 16.5 Å². The molecule has 0 bridgehead atoms. The second kappa shape index (κ2) is 6.45. The van der Waals surface area contributed by atoms with Crippen LogP contribution in [0.3, 0.4) is 0 Å². The molecule has 0 spiro atoms. The first kappa shape index (κ1) is 17.1.